The molecule has 132 valence electrons. The number of carbonyl (C=O) groups excluding carboxylic acids is 1. The summed E-state index contributed by atoms with van der Waals surface area (Å²) in [4.78, 5) is 14.4. The summed E-state index contributed by atoms with van der Waals surface area (Å²) in [6.07, 6.45) is 2.13. The molecule has 2 aliphatic heterocycles. The number of hydrogen-bond acceptors (Lipinski definition) is 5. The van der Waals surface area contributed by atoms with Crippen molar-refractivity contribution in [3.05, 3.63) is 41.7 Å². The van der Waals surface area contributed by atoms with Gasteiger partial charge in [0, 0.05) is 13.1 Å². The fraction of sp³-hybridized carbons (Fsp3) is 0.438. The van der Waals surface area contributed by atoms with E-state index >= 15 is 0 Å². The van der Waals surface area contributed by atoms with Crippen LogP contribution in [0.3, 0.4) is 0 Å². The van der Waals surface area contributed by atoms with Crippen LogP contribution in [0.15, 0.2) is 30.5 Å². The van der Waals surface area contributed by atoms with Crippen LogP contribution in [0.25, 0.3) is 0 Å². The third kappa shape index (κ3) is 2.95. The lowest BCUT2D eigenvalue weighted by molar-refractivity contribution is -0.0634. The van der Waals surface area contributed by atoms with Crippen molar-refractivity contribution in [2.24, 2.45) is 0 Å². The number of ether oxygens (including phenoxy) is 2. The van der Waals surface area contributed by atoms with Gasteiger partial charge in [0.25, 0.3) is 5.91 Å². The molecule has 1 fully saturated rings. The van der Waals surface area contributed by atoms with Gasteiger partial charge in [-0.05, 0) is 18.6 Å². The molecule has 25 heavy (non-hydrogen) atoms. The van der Waals surface area contributed by atoms with Gasteiger partial charge in [-0.3, -0.25) is 4.79 Å². The van der Waals surface area contributed by atoms with Crippen molar-refractivity contribution in [3.8, 4) is 5.75 Å². The van der Waals surface area contributed by atoms with Crippen LogP contribution in [0.4, 0.5) is 8.78 Å². The SMILES string of the molecule is O=C(c1ccccc1OC(F)F)N1CC[C@@H]2[C@@H](C1)OCc1cnnn12. The van der Waals surface area contributed by atoms with Gasteiger partial charge in [-0.2, -0.15) is 8.78 Å². The van der Waals surface area contributed by atoms with Gasteiger partial charge >= 0.3 is 6.61 Å². The Morgan fingerprint density at radius 2 is 2.20 bits per heavy atom. The Morgan fingerprint density at radius 1 is 1.36 bits per heavy atom. The maximum Gasteiger partial charge on any atom is 0.387 e. The number of halogens is 2. The van der Waals surface area contributed by atoms with Crippen molar-refractivity contribution < 1.29 is 23.0 Å². The minimum absolute atomic E-state index is 0.0304. The van der Waals surface area contributed by atoms with Crippen LogP contribution in [0.5, 0.6) is 5.75 Å². The van der Waals surface area contributed by atoms with E-state index in [0.29, 0.717) is 26.1 Å². The molecule has 2 atom stereocenters. The summed E-state index contributed by atoms with van der Waals surface area (Å²) < 4.78 is 37.3. The van der Waals surface area contributed by atoms with E-state index in [4.69, 9.17) is 4.74 Å². The van der Waals surface area contributed by atoms with Crippen LogP contribution < -0.4 is 4.74 Å². The number of piperidine rings is 1. The van der Waals surface area contributed by atoms with E-state index < -0.39 is 6.61 Å². The van der Waals surface area contributed by atoms with Gasteiger partial charge in [0.15, 0.2) is 0 Å². The highest BCUT2D eigenvalue weighted by atomic mass is 19.3. The van der Waals surface area contributed by atoms with Gasteiger partial charge in [0.2, 0.25) is 0 Å². The topological polar surface area (TPSA) is 69.5 Å². The van der Waals surface area contributed by atoms with E-state index in [2.05, 4.69) is 15.0 Å². The highest BCUT2D eigenvalue weighted by Crippen LogP contribution is 2.32. The molecular weight excluding hydrogens is 334 g/mol. The monoisotopic (exact) mass is 350 g/mol. The summed E-state index contributed by atoms with van der Waals surface area (Å²) in [5, 5.41) is 8.00. The van der Waals surface area contributed by atoms with Gasteiger partial charge in [-0.1, -0.05) is 17.3 Å². The third-order valence-corrected chi connectivity index (χ3v) is 4.55. The average molecular weight is 350 g/mol. The number of carbonyl (C=O) groups is 1. The molecule has 0 spiro atoms. The molecule has 1 aromatic heterocycles. The molecule has 0 unspecified atom stereocenters. The number of rotatable bonds is 3. The first-order chi connectivity index (χ1) is 12.1. The van der Waals surface area contributed by atoms with E-state index in [1.54, 1.807) is 23.2 Å². The number of benzene rings is 1. The Balaban J connectivity index is 1.52. The summed E-state index contributed by atoms with van der Waals surface area (Å²) in [5.41, 5.74) is 1.04. The summed E-state index contributed by atoms with van der Waals surface area (Å²) in [6, 6.07) is 6.06. The molecular formula is C16H16F2N4O3. The predicted molar refractivity (Wildman–Crippen MR) is 81.2 cm³/mol. The third-order valence-electron chi connectivity index (χ3n) is 4.55. The molecule has 0 aliphatic carbocycles. The standard InChI is InChI=1S/C16H16F2N4O3/c17-16(18)25-13-4-2-1-3-11(13)15(23)21-6-5-12-14(8-21)24-9-10-7-19-20-22(10)12/h1-4,7,12,14,16H,5-6,8-9H2/t12-,14-/m1/s1. The van der Waals surface area contributed by atoms with E-state index in [0.717, 1.165) is 5.69 Å². The summed E-state index contributed by atoms with van der Waals surface area (Å²) in [5.74, 6) is -0.463. The van der Waals surface area contributed by atoms with Crippen molar-refractivity contribution in [1.29, 1.82) is 0 Å². The summed E-state index contributed by atoms with van der Waals surface area (Å²) in [6.45, 7) is -1.74. The van der Waals surface area contributed by atoms with E-state index in [-0.39, 0.29) is 29.4 Å². The Labute approximate surface area is 142 Å². The molecule has 3 heterocycles. The second-order valence-electron chi connectivity index (χ2n) is 6.00. The molecule has 0 N–H and O–H groups in total. The molecule has 1 saturated heterocycles. The first kappa shape index (κ1) is 15.9. The highest BCUT2D eigenvalue weighted by molar-refractivity contribution is 5.97. The average Bonchev–Trinajstić information content (AvgIpc) is 3.10. The van der Waals surface area contributed by atoms with Gasteiger partial charge in [0.05, 0.1) is 36.2 Å². The van der Waals surface area contributed by atoms with Gasteiger partial charge in [-0.15, -0.1) is 5.10 Å². The summed E-state index contributed by atoms with van der Waals surface area (Å²) >= 11 is 0. The lowest BCUT2D eigenvalue weighted by Gasteiger charge is -2.41. The molecule has 7 nitrogen and oxygen atoms in total. The highest BCUT2D eigenvalue weighted by Gasteiger charge is 2.38. The Bertz CT molecular complexity index is 782. The molecule has 0 saturated carbocycles. The minimum Gasteiger partial charge on any atom is -0.434 e. The Kier molecular flexibility index (Phi) is 4.08. The largest absolute Gasteiger partial charge is 0.434 e. The van der Waals surface area contributed by atoms with Crippen molar-refractivity contribution in [2.45, 2.75) is 31.8 Å². The van der Waals surface area contributed by atoms with Crippen LogP contribution in [-0.2, 0) is 11.3 Å². The van der Waals surface area contributed by atoms with Gasteiger partial charge in [0.1, 0.15) is 5.75 Å². The zero-order chi connectivity index (χ0) is 17.4. The Morgan fingerprint density at radius 3 is 3.04 bits per heavy atom. The number of fused-ring (bicyclic) bond motifs is 3. The van der Waals surface area contributed by atoms with E-state index in [9.17, 15) is 13.6 Å². The van der Waals surface area contributed by atoms with Crippen LogP contribution >= 0.6 is 0 Å². The molecule has 0 radical (unpaired) electrons. The second kappa shape index (κ2) is 6.40. The van der Waals surface area contributed by atoms with Crippen LogP contribution in [0.2, 0.25) is 0 Å². The maximum atomic E-state index is 12.8. The maximum absolute atomic E-state index is 12.8. The number of alkyl halides is 2. The zero-order valence-corrected chi connectivity index (χ0v) is 13.2. The van der Waals surface area contributed by atoms with Crippen molar-refractivity contribution in [1.82, 2.24) is 19.9 Å². The minimum atomic E-state index is -2.98. The molecule has 9 heteroatoms. The molecule has 1 aromatic carbocycles. The number of aromatic nitrogens is 3. The van der Waals surface area contributed by atoms with Crippen LogP contribution in [-0.4, -0.2) is 51.6 Å². The Hall–Kier alpha value is -2.55. The van der Waals surface area contributed by atoms with Crippen molar-refractivity contribution in [3.63, 3.8) is 0 Å². The first-order valence-corrected chi connectivity index (χ1v) is 7.97. The van der Waals surface area contributed by atoms with Crippen LogP contribution in [0, 0.1) is 0 Å². The molecule has 2 aliphatic rings. The second-order valence-corrected chi connectivity index (χ2v) is 6.00. The first-order valence-electron chi connectivity index (χ1n) is 7.97. The van der Waals surface area contributed by atoms with Crippen molar-refractivity contribution in [2.75, 3.05) is 13.1 Å². The fourth-order valence-electron chi connectivity index (χ4n) is 3.38. The molecule has 4 rings (SSSR count). The number of hydrogen-bond donors (Lipinski definition) is 0. The molecule has 2 aromatic rings. The van der Waals surface area contributed by atoms with Crippen LogP contribution in [0.1, 0.15) is 28.5 Å². The summed E-state index contributed by atoms with van der Waals surface area (Å²) in [7, 11) is 0. The number of nitrogens with zero attached hydrogens (tertiary/aromatic N) is 4. The number of likely N-dealkylation sites (tertiary alicyclic amines) is 1. The molecule has 1 amide bonds. The van der Waals surface area contributed by atoms with Crippen molar-refractivity contribution >= 4 is 5.91 Å². The smallest absolute Gasteiger partial charge is 0.387 e. The lowest BCUT2D eigenvalue weighted by atomic mass is 9.99. The van der Waals surface area contributed by atoms with Gasteiger partial charge in [-0.25, -0.2) is 4.68 Å². The normalized spacial score (nSPS) is 22.4. The molecule has 0 bridgehead atoms. The number of amides is 1. The van der Waals surface area contributed by atoms with E-state index in [1.807, 2.05) is 4.68 Å². The van der Waals surface area contributed by atoms with Gasteiger partial charge < -0.3 is 14.4 Å². The predicted octanol–water partition coefficient (Wildman–Crippen LogP) is 1.87. The van der Waals surface area contributed by atoms with E-state index in [1.165, 1.54) is 12.1 Å². The quantitative estimate of drug-likeness (QED) is 0.845. The lowest BCUT2D eigenvalue weighted by Crippen LogP contribution is -2.50. The number of para-hydroxylation sites is 1. The fourth-order valence-corrected chi connectivity index (χ4v) is 3.38. The zero-order valence-electron chi connectivity index (χ0n) is 13.2.